The number of fused-ring (bicyclic) bond motifs is 3. The second-order valence-electron chi connectivity index (χ2n) is 17.3. The van der Waals surface area contributed by atoms with Crippen LogP contribution < -0.4 is 0 Å². The van der Waals surface area contributed by atoms with Gasteiger partial charge in [-0.1, -0.05) is 13.8 Å². The molecule has 0 unspecified atom stereocenters. The Hall–Kier alpha value is -2.26. The molecule has 13 nitrogen and oxygen atoms in total. The first-order chi connectivity index (χ1) is 25.2. The van der Waals surface area contributed by atoms with E-state index in [-0.39, 0.29) is 24.6 Å². The molecule has 0 radical (unpaired) electrons. The van der Waals surface area contributed by atoms with Crippen molar-refractivity contribution in [3.63, 3.8) is 0 Å². The van der Waals surface area contributed by atoms with Crippen molar-refractivity contribution in [2.75, 3.05) is 21.3 Å². The molecule has 5 aliphatic rings. The van der Waals surface area contributed by atoms with E-state index in [1.807, 2.05) is 89.3 Å². The lowest BCUT2D eigenvalue weighted by Crippen LogP contribution is -2.60. The largest absolute Gasteiger partial charge is 0.479 e. The van der Waals surface area contributed by atoms with E-state index in [4.69, 9.17) is 47.6 Å². The van der Waals surface area contributed by atoms with Crippen LogP contribution >= 0.6 is 0 Å². The number of methoxy groups -OCH3 is 2. The summed E-state index contributed by atoms with van der Waals surface area (Å²) in [6, 6.07) is 0.569. The van der Waals surface area contributed by atoms with E-state index in [9.17, 15) is 9.90 Å². The van der Waals surface area contributed by atoms with Crippen LogP contribution in [0.5, 0.6) is 0 Å². The SMILES string of the molecule is CC[C@H]1OC(=O)[C@H](C)[C@@H](O[C@H]2C[C@@](C)(OC)[C@@H](O)[C@H](C)O2)[C@H](C)[C@@H](O[C@@H]2O[C@H](C)C[C@H]3[C@H]2OC(=NC(C)C)N3C)[C@](C)(OC)C/C(C)=C2\O[C@]1(C)C=C2C. The number of ether oxygens (including phenoxy) is 9. The average Bonchev–Trinajstić information content (AvgIpc) is 3.60. The first-order valence-electron chi connectivity index (χ1n) is 19.9. The summed E-state index contributed by atoms with van der Waals surface area (Å²) in [6.45, 7) is 23.6. The summed E-state index contributed by atoms with van der Waals surface area (Å²) >= 11 is 0. The Labute approximate surface area is 323 Å². The summed E-state index contributed by atoms with van der Waals surface area (Å²) in [5.74, 6) is -0.982. The normalized spacial score (nSPS) is 46.9. The highest BCUT2D eigenvalue weighted by atomic mass is 16.7. The lowest BCUT2D eigenvalue weighted by Gasteiger charge is -2.48. The minimum Gasteiger partial charge on any atom is -0.479 e. The van der Waals surface area contributed by atoms with Crippen molar-refractivity contribution < 1.29 is 52.5 Å². The molecule has 3 saturated heterocycles. The molecule has 5 rings (SSSR count). The van der Waals surface area contributed by atoms with Crippen LogP contribution in [0.25, 0.3) is 0 Å². The maximum absolute atomic E-state index is 14.4. The van der Waals surface area contributed by atoms with Crippen LogP contribution in [0, 0.1) is 11.8 Å². The van der Waals surface area contributed by atoms with Crippen molar-refractivity contribution in [1.29, 1.82) is 0 Å². The molecular weight excluding hydrogens is 696 g/mol. The summed E-state index contributed by atoms with van der Waals surface area (Å²) in [5, 5.41) is 11.0. The molecule has 1 N–H and O–H groups in total. The number of aliphatic hydroxyl groups excluding tert-OH is 1. The van der Waals surface area contributed by atoms with E-state index in [1.165, 1.54) is 0 Å². The van der Waals surface area contributed by atoms with Crippen LogP contribution in [0.4, 0.5) is 0 Å². The minimum absolute atomic E-state index is 0.0291. The average molecular weight is 765 g/mol. The number of hydrogen-bond acceptors (Lipinski definition) is 12. The molecule has 13 heteroatoms. The quantitative estimate of drug-likeness (QED) is 0.305. The van der Waals surface area contributed by atoms with Gasteiger partial charge in [0.2, 0.25) is 0 Å². The van der Waals surface area contributed by atoms with E-state index in [2.05, 4.69) is 4.90 Å². The number of carbonyl (C=O) groups is 1. The zero-order valence-electron chi connectivity index (χ0n) is 35.3. The molecule has 15 atom stereocenters. The van der Waals surface area contributed by atoms with Gasteiger partial charge in [-0.3, -0.25) is 4.79 Å². The lowest BCUT2D eigenvalue weighted by molar-refractivity contribution is -0.314. The molecule has 3 fully saturated rings. The van der Waals surface area contributed by atoms with Crippen LogP contribution in [0.1, 0.15) is 109 Å². The van der Waals surface area contributed by atoms with Crippen molar-refractivity contribution in [3.05, 3.63) is 23.0 Å². The maximum Gasteiger partial charge on any atom is 0.311 e. The number of likely N-dealkylation sites (N-methyl/N-ethyl adjacent to an activating group) is 1. The third kappa shape index (κ3) is 8.24. The predicted octanol–water partition coefficient (Wildman–Crippen LogP) is 5.67. The van der Waals surface area contributed by atoms with Crippen molar-refractivity contribution >= 4 is 12.0 Å². The van der Waals surface area contributed by atoms with E-state index in [0.29, 0.717) is 18.9 Å². The summed E-state index contributed by atoms with van der Waals surface area (Å²) in [7, 11) is 5.25. The molecule has 5 aliphatic heterocycles. The monoisotopic (exact) mass is 764 g/mol. The Balaban J connectivity index is 1.62. The zero-order chi connectivity index (χ0) is 40.1. The van der Waals surface area contributed by atoms with Crippen LogP contribution in [-0.4, -0.2) is 127 Å². The number of hydrogen-bond donors (Lipinski definition) is 1. The minimum atomic E-state index is -0.987. The number of esters is 1. The molecule has 2 bridgehead atoms. The highest BCUT2D eigenvalue weighted by Gasteiger charge is 2.55. The molecule has 0 aromatic heterocycles. The lowest BCUT2D eigenvalue weighted by atomic mass is 9.78. The van der Waals surface area contributed by atoms with Crippen LogP contribution in [-0.2, 0) is 47.4 Å². The van der Waals surface area contributed by atoms with Gasteiger partial charge in [-0.2, -0.15) is 0 Å². The first-order valence-corrected chi connectivity index (χ1v) is 19.9. The van der Waals surface area contributed by atoms with Gasteiger partial charge in [0.1, 0.15) is 18.0 Å². The Bertz CT molecular complexity index is 1450. The molecule has 0 aromatic rings. The smallest absolute Gasteiger partial charge is 0.311 e. The first kappa shape index (κ1) is 42.9. The summed E-state index contributed by atoms with van der Waals surface area (Å²) in [5.41, 5.74) is -0.862. The topological polar surface area (TPSA) is 136 Å². The van der Waals surface area contributed by atoms with Gasteiger partial charge in [0, 0.05) is 46.1 Å². The molecule has 0 saturated carbocycles. The number of allylic oxidation sites excluding steroid dienone is 1. The molecule has 0 amide bonds. The second-order valence-corrected chi connectivity index (χ2v) is 17.3. The van der Waals surface area contributed by atoms with Gasteiger partial charge in [-0.05, 0) is 99.3 Å². The standard InChI is InChI=1S/C41H68N2O11/c1-16-29-39(10)18-22(4)31(54-39)23(5)19-41(12,47-15)35(53-37-33-28(17-24(6)48-37)43(13)38(52-33)42-21(2)3)25(7)32(26(8)36(45)50-29)51-30-20-40(11,46-14)34(44)27(9)49-30/h18,21,24-30,32-35,37,44H,16-17,19-20H2,1-15H3/b31-23-,42-38?/t24-,25+,26-,27+,28+,29-,30+,32+,33-,34+,35-,37+,39-,40-,41-/m1/s1. The van der Waals surface area contributed by atoms with Crippen LogP contribution in [0.3, 0.4) is 0 Å². The van der Waals surface area contributed by atoms with Gasteiger partial charge in [0.15, 0.2) is 24.3 Å². The van der Waals surface area contributed by atoms with Crippen molar-refractivity contribution in [2.45, 2.75) is 193 Å². The third-order valence-electron chi connectivity index (χ3n) is 12.4. The zero-order valence-corrected chi connectivity index (χ0v) is 35.3. The second kappa shape index (κ2) is 16.3. The number of cyclic esters (lactones) is 1. The van der Waals surface area contributed by atoms with Crippen LogP contribution in [0.2, 0.25) is 0 Å². The molecule has 54 heavy (non-hydrogen) atoms. The van der Waals surface area contributed by atoms with Gasteiger partial charge < -0.3 is 52.6 Å². The van der Waals surface area contributed by atoms with Gasteiger partial charge in [0.25, 0.3) is 6.02 Å². The van der Waals surface area contributed by atoms with Gasteiger partial charge in [-0.25, -0.2) is 4.99 Å². The fraction of sp³-hybridized carbons (Fsp3) is 0.854. The fourth-order valence-corrected chi connectivity index (χ4v) is 9.23. The Morgan fingerprint density at radius 3 is 2.30 bits per heavy atom. The summed E-state index contributed by atoms with van der Waals surface area (Å²) in [6.07, 6.45) is -1.79. The number of aliphatic imine (C=N–C) groups is 1. The molecule has 5 heterocycles. The summed E-state index contributed by atoms with van der Waals surface area (Å²) in [4.78, 5) is 21.2. The fourth-order valence-electron chi connectivity index (χ4n) is 9.23. The number of amidine groups is 1. The van der Waals surface area contributed by atoms with Crippen molar-refractivity contribution in [3.8, 4) is 0 Å². The van der Waals surface area contributed by atoms with Gasteiger partial charge >= 0.3 is 5.97 Å². The van der Waals surface area contributed by atoms with E-state index >= 15 is 0 Å². The van der Waals surface area contributed by atoms with E-state index in [1.54, 1.807) is 21.1 Å². The summed E-state index contributed by atoms with van der Waals surface area (Å²) < 4.78 is 58.9. The Morgan fingerprint density at radius 2 is 1.69 bits per heavy atom. The highest BCUT2D eigenvalue weighted by molar-refractivity contribution is 5.76. The number of rotatable bonds is 8. The molecule has 0 aliphatic carbocycles. The number of aliphatic hydroxyl groups is 1. The van der Waals surface area contributed by atoms with E-state index in [0.717, 1.165) is 23.3 Å². The molecular formula is C41H68N2O11. The third-order valence-corrected chi connectivity index (χ3v) is 12.4. The van der Waals surface area contributed by atoms with Crippen molar-refractivity contribution in [1.82, 2.24) is 4.90 Å². The maximum atomic E-state index is 14.4. The highest BCUT2D eigenvalue weighted by Crippen LogP contribution is 2.45. The van der Waals surface area contributed by atoms with Gasteiger partial charge in [0.05, 0.1) is 47.6 Å². The van der Waals surface area contributed by atoms with Crippen LogP contribution in [0.15, 0.2) is 28.0 Å². The molecule has 0 spiro atoms. The number of carbonyl (C=O) groups excluding carboxylic acids is 1. The Morgan fingerprint density at radius 1 is 1.02 bits per heavy atom. The van der Waals surface area contributed by atoms with E-state index < -0.39 is 83.8 Å². The molecule has 0 aromatic carbocycles. The number of nitrogens with zero attached hydrogens (tertiary/aromatic N) is 2. The van der Waals surface area contributed by atoms with Gasteiger partial charge in [-0.15, -0.1) is 0 Å². The predicted molar refractivity (Wildman–Crippen MR) is 203 cm³/mol. The Kier molecular flexibility index (Phi) is 12.9. The van der Waals surface area contributed by atoms with Crippen molar-refractivity contribution in [2.24, 2.45) is 16.8 Å². The molecule has 308 valence electrons.